The second kappa shape index (κ2) is 3.07. The van der Waals surface area contributed by atoms with Crippen LogP contribution in [-0.4, -0.2) is 22.6 Å². The summed E-state index contributed by atoms with van der Waals surface area (Å²) in [6.07, 6.45) is 2.12. The molecule has 0 spiro atoms. The maximum Gasteiger partial charge on any atom is 0.0948 e. The number of rotatable bonds is 0. The Kier molecular flexibility index (Phi) is 1.85. The fourth-order valence-electron chi connectivity index (χ4n) is 2.80. The molecule has 0 unspecified atom stereocenters. The topological polar surface area (TPSA) is 23.5 Å². The lowest BCUT2D eigenvalue weighted by Crippen LogP contribution is -2.38. The van der Waals surface area contributed by atoms with Crippen molar-refractivity contribution in [3.05, 3.63) is 35.4 Å². The van der Waals surface area contributed by atoms with Crippen LogP contribution in [-0.2, 0) is 6.54 Å². The summed E-state index contributed by atoms with van der Waals surface area (Å²) >= 11 is 0. The standard InChI is InChI=1S/C12H15NO/c14-12-10-5-2-1-4-9(10)8-13-7-3-6-11(12)13/h1-2,4-5,11-12,14H,3,6-8H2/t11-,12-/m1/s1. The van der Waals surface area contributed by atoms with Crippen molar-refractivity contribution in [3.8, 4) is 0 Å². The van der Waals surface area contributed by atoms with Crippen LogP contribution in [0.3, 0.4) is 0 Å². The average molecular weight is 189 g/mol. The molecule has 2 nitrogen and oxygen atoms in total. The summed E-state index contributed by atoms with van der Waals surface area (Å²) < 4.78 is 0. The monoisotopic (exact) mass is 189 g/mol. The lowest BCUT2D eigenvalue weighted by molar-refractivity contribution is 0.0534. The third kappa shape index (κ3) is 1.11. The molecule has 0 aromatic heterocycles. The van der Waals surface area contributed by atoms with Crippen LogP contribution in [0.4, 0.5) is 0 Å². The molecule has 2 heterocycles. The van der Waals surface area contributed by atoms with Crippen LogP contribution in [0.5, 0.6) is 0 Å². The Morgan fingerprint density at radius 1 is 1.29 bits per heavy atom. The summed E-state index contributed by atoms with van der Waals surface area (Å²) in [6.45, 7) is 2.17. The summed E-state index contributed by atoms with van der Waals surface area (Å²) in [7, 11) is 0. The van der Waals surface area contributed by atoms with E-state index in [1.54, 1.807) is 0 Å². The van der Waals surface area contributed by atoms with Gasteiger partial charge in [0.2, 0.25) is 0 Å². The summed E-state index contributed by atoms with van der Waals surface area (Å²) in [4.78, 5) is 2.41. The van der Waals surface area contributed by atoms with Gasteiger partial charge in [0.25, 0.3) is 0 Å². The maximum absolute atomic E-state index is 10.2. The molecule has 1 saturated heterocycles. The molecule has 1 N–H and O–H groups in total. The van der Waals surface area contributed by atoms with Crippen LogP contribution in [0.15, 0.2) is 24.3 Å². The van der Waals surface area contributed by atoms with E-state index in [0.717, 1.165) is 25.1 Å². The third-order valence-electron chi connectivity index (χ3n) is 3.53. The highest BCUT2D eigenvalue weighted by Crippen LogP contribution is 2.36. The molecule has 74 valence electrons. The van der Waals surface area contributed by atoms with E-state index in [2.05, 4.69) is 23.1 Å². The Labute approximate surface area is 84.2 Å². The van der Waals surface area contributed by atoms with E-state index in [0.29, 0.717) is 6.04 Å². The molecule has 1 aromatic carbocycles. The van der Waals surface area contributed by atoms with Gasteiger partial charge in [-0.15, -0.1) is 0 Å². The SMILES string of the molecule is O[C@@H]1c2ccccc2CN2CCC[C@H]12. The van der Waals surface area contributed by atoms with Gasteiger partial charge in [-0.3, -0.25) is 4.90 Å². The first-order chi connectivity index (χ1) is 6.86. The van der Waals surface area contributed by atoms with Crippen LogP contribution in [0.2, 0.25) is 0 Å². The van der Waals surface area contributed by atoms with Gasteiger partial charge in [0.15, 0.2) is 0 Å². The molecule has 2 atom stereocenters. The predicted octanol–water partition coefficient (Wildman–Crippen LogP) is 1.70. The quantitative estimate of drug-likeness (QED) is 0.671. The van der Waals surface area contributed by atoms with E-state index in [4.69, 9.17) is 0 Å². The van der Waals surface area contributed by atoms with Gasteiger partial charge < -0.3 is 5.11 Å². The van der Waals surface area contributed by atoms with Crippen molar-refractivity contribution in [1.82, 2.24) is 4.90 Å². The number of nitrogens with zero attached hydrogens (tertiary/aromatic N) is 1. The van der Waals surface area contributed by atoms with Crippen molar-refractivity contribution in [3.63, 3.8) is 0 Å². The van der Waals surface area contributed by atoms with Crippen molar-refractivity contribution in [1.29, 1.82) is 0 Å². The van der Waals surface area contributed by atoms with Crippen molar-refractivity contribution in [2.75, 3.05) is 6.54 Å². The summed E-state index contributed by atoms with van der Waals surface area (Å²) in [6, 6.07) is 8.65. The number of aliphatic hydroxyl groups excluding tert-OH is 1. The molecule has 2 heteroatoms. The fourth-order valence-corrected chi connectivity index (χ4v) is 2.80. The Balaban J connectivity index is 2.04. The van der Waals surface area contributed by atoms with Crippen LogP contribution in [0.25, 0.3) is 0 Å². The van der Waals surface area contributed by atoms with Crippen molar-refractivity contribution in [2.24, 2.45) is 0 Å². The van der Waals surface area contributed by atoms with Gasteiger partial charge in [-0.1, -0.05) is 24.3 Å². The highest BCUT2D eigenvalue weighted by Gasteiger charge is 2.36. The van der Waals surface area contributed by atoms with E-state index in [-0.39, 0.29) is 6.10 Å². The molecule has 0 radical (unpaired) electrons. The minimum Gasteiger partial charge on any atom is -0.387 e. The van der Waals surface area contributed by atoms with Gasteiger partial charge >= 0.3 is 0 Å². The molecule has 3 rings (SSSR count). The van der Waals surface area contributed by atoms with E-state index >= 15 is 0 Å². The van der Waals surface area contributed by atoms with Crippen molar-refractivity contribution < 1.29 is 5.11 Å². The average Bonchev–Trinajstić information content (AvgIpc) is 2.66. The summed E-state index contributed by atoms with van der Waals surface area (Å²) in [5, 5.41) is 10.2. The zero-order chi connectivity index (χ0) is 9.54. The molecule has 0 amide bonds. The summed E-state index contributed by atoms with van der Waals surface area (Å²) in [5.41, 5.74) is 2.45. The van der Waals surface area contributed by atoms with Gasteiger partial charge in [0, 0.05) is 12.6 Å². The first-order valence-electron chi connectivity index (χ1n) is 5.36. The predicted molar refractivity (Wildman–Crippen MR) is 54.8 cm³/mol. The molecule has 14 heavy (non-hydrogen) atoms. The number of hydrogen-bond donors (Lipinski definition) is 1. The van der Waals surface area contributed by atoms with E-state index in [1.165, 1.54) is 12.0 Å². The van der Waals surface area contributed by atoms with Gasteiger partial charge in [0.1, 0.15) is 0 Å². The summed E-state index contributed by atoms with van der Waals surface area (Å²) in [5.74, 6) is 0. The molecule has 2 aliphatic rings. The highest BCUT2D eigenvalue weighted by molar-refractivity contribution is 5.32. The molecule has 0 saturated carbocycles. The zero-order valence-corrected chi connectivity index (χ0v) is 8.19. The van der Waals surface area contributed by atoms with Gasteiger partial charge in [-0.05, 0) is 30.5 Å². The second-order valence-corrected chi connectivity index (χ2v) is 4.32. The van der Waals surface area contributed by atoms with Crippen LogP contribution in [0.1, 0.15) is 30.1 Å². The van der Waals surface area contributed by atoms with E-state index in [9.17, 15) is 5.11 Å². The largest absolute Gasteiger partial charge is 0.387 e. The molecule has 1 aromatic rings. The van der Waals surface area contributed by atoms with Crippen LogP contribution >= 0.6 is 0 Å². The molecule has 0 aliphatic carbocycles. The van der Waals surface area contributed by atoms with Crippen molar-refractivity contribution >= 4 is 0 Å². The molecule has 0 bridgehead atoms. The lowest BCUT2D eigenvalue weighted by Gasteiger charge is -2.35. The smallest absolute Gasteiger partial charge is 0.0948 e. The maximum atomic E-state index is 10.2. The molecule has 2 aliphatic heterocycles. The molecular formula is C12H15NO. The van der Waals surface area contributed by atoms with E-state index in [1.807, 2.05) is 6.07 Å². The zero-order valence-electron chi connectivity index (χ0n) is 8.19. The molecular weight excluding hydrogens is 174 g/mol. The minimum atomic E-state index is -0.262. The Morgan fingerprint density at radius 2 is 2.14 bits per heavy atom. The Bertz CT molecular complexity index is 350. The van der Waals surface area contributed by atoms with Gasteiger partial charge in [-0.2, -0.15) is 0 Å². The third-order valence-corrected chi connectivity index (χ3v) is 3.53. The minimum absolute atomic E-state index is 0.262. The lowest BCUT2D eigenvalue weighted by atomic mass is 9.92. The first-order valence-corrected chi connectivity index (χ1v) is 5.36. The first kappa shape index (κ1) is 8.45. The fraction of sp³-hybridized carbons (Fsp3) is 0.500. The Hall–Kier alpha value is -0.860. The molecule has 1 fully saturated rings. The van der Waals surface area contributed by atoms with Gasteiger partial charge in [0.05, 0.1) is 6.10 Å². The number of hydrogen-bond acceptors (Lipinski definition) is 2. The second-order valence-electron chi connectivity index (χ2n) is 4.32. The van der Waals surface area contributed by atoms with E-state index < -0.39 is 0 Å². The normalized spacial score (nSPS) is 31.2. The number of benzene rings is 1. The van der Waals surface area contributed by atoms with Crippen molar-refractivity contribution in [2.45, 2.75) is 31.5 Å². The van der Waals surface area contributed by atoms with Crippen LogP contribution < -0.4 is 0 Å². The van der Waals surface area contributed by atoms with Gasteiger partial charge in [-0.25, -0.2) is 0 Å². The highest BCUT2D eigenvalue weighted by atomic mass is 16.3. The number of aliphatic hydroxyl groups is 1. The van der Waals surface area contributed by atoms with Crippen LogP contribution in [0, 0.1) is 0 Å². The number of fused-ring (bicyclic) bond motifs is 2. The Morgan fingerprint density at radius 3 is 3.07 bits per heavy atom.